The lowest BCUT2D eigenvalue weighted by molar-refractivity contribution is 0.195. The van der Waals surface area contributed by atoms with Crippen molar-refractivity contribution in [3.8, 4) is 0 Å². The van der Waals surface area contributed by atoms with Gasteiger partial charge in [-0.2, -0.15) is 0 Å². The first kappa shape index (κ1) is 15.2. The third-order valence-corrected chi connectivity index (χ3v) is 2.37. The minimum Gasteiger partial charge on any atom is -0.385 e. The Morgan fingerprint density at radius 3 is 3.11 bits per heavy atom. The number of nitrogens with one attached hydrogen (secondary N) is 2. The van der Waals surface area contributed by atoms with Gasteiger partial charge in [-0.3, -0.25) is 4.98 Å². The van der Waals surface area contributed by atoms with E-state index >= 15 is 0 Å². The zero-order chi connectivity index (χ0) is 13.8. The minimum atomic E-state index is 0.602. The minimum absolute atomic E-state index is 0.602. The molecule has 0 aliphatic carbocycles. The summed E-state index contributed by atoms with van der Waals surface area (Å²) >= 11 is 0. The quantitative estimate of drug-likeness (QED) is 0.321. The number of ether oxygens (including phenoxy) is 1. The molecular weight excluding hydrogens is 240 g/mol. The Labute approximate surface area is 114 Å². The highest BCUT2D eigenvalue weighted by Crippen LogP contribution is 1.97. The molecule has 0 aromatic carbocycles. The van der Waals surface area contributed by atoms with Crippen molar-refractivity contribution in [2.45, 2.75) is 13.0 Å². The molecule has 1 aromatic heterocycles. The topological polar surface area (TPSA) is 58.5 Å². The fraction of sp³-hybridized carbons (Fsp3) is 0.429. The van der Waals surface area contributed by atoms with Crippen LogP contribution < -0.4 is 10.6 Å². The Kier molecular flexibility index (Phi) is 8.05. The van der Waals surface area contributed by atoms with Crippen molar-refractivity contribution in [3.05, 3.63) is 42.7 Å². The number of hydrogen-bond acceptors (Lipinski definition) is 3. The third kappa shape index (κ3) is 7.21. The Hall–Kier alpha value is -1.88. The van der Waals surface area contributed by atoms with Gasteiger partial charge in [0.25, 0.3) is 0 Å². The molecule has 0 spiro atoms. The molecule has 0 saturated carbocycles. The number of rotatable bonds is 8. The van der Waals surface area contributed by atoms with Crippen LogP contribution in [0, 0.1) is 0 Å². The highest BCUT2D eigenvalue weighted by atomic mass is 16.5. The lowest BCUT2D eigenvalue weighted by Gasteiger charge is -2.11. The zero-order valence-electron chi connectivity index (χ0n) is 11.4. The van der Waals surface area contributed by atoms with Gasteiger partial charge in [-0.25, -0.2) is 4.99 Å². The molecule has 5 nitrogen and oxygen atoms in total. The first-order chi connectivity index (χ1) is 9.36. The average molecular weight is 262 g/mol. The molecule has 1 heterocycles. The van der Waals surface area contributed by atoms with E-state index in [9.17, 15) is 0 Å². The molecule has 0 unspecified atom stereocenters. The molecule has 0 atom stereocenters. The van der Waals surface area contributed by atoms with Crippen LogP contribution in [0.1, 0.15) is 12.0 Å². The molecule has 0 aliphatic heterocycles. The number of pyridine rings is 1. The Bertz CT molecular complexity index is 378. The van der Waals surface area contributed by atoms with Crippen molar-refractivity contribution < 1.29 is 4.74 Å². The van der Waals surface area contributed by atoms with E-state index in [1.165, 1.54) is 0 Å². The summed E-state index contributed by atoms with van der Waals surface area (Å²) in [4.78, 5) is 8.56. The Balaban J connectivity index is 2.44. The third-order valence-electron chi connectivity index (χ3n) is 2.37. The number of guanidine groups is 1. The number of aromatic nitrogens is 1. The highest BCUT2D eigenvalue weighted by Gasteiger charge is 1.97. The van der Waals surface area contributed by atoms with Gasteiger partial charge in [0.1, 0.15) is 0 Å². The van der Waals surface area contributed by atoms with Crippen molar-refractivity contribution >= 4 is 5.96 Å². The van der Waals surface area contributed by atoms with Gasteiger partial charge >= 0.3 is 0 Å². The average Bonchev–Trinajstić information content (AvgIpc) is 2.46. The molecule has 1 aromatic rings. The molecule has 0 bridgehead atoms. The molecule has 0 amide bonds. The van der Waals surface area contributed by atoms with Gasteiger partial charge < -0.3 is 15.4 Å². The number of methoxy groups -OCH3 is 1. The van der Waals surface area contributed by atoms with E-state index in [4.69, 9.17) is 4.74 Å². The summed E-state index contributed by atoms with van der Waals surface area (Å²) in [6.45, 7) is 6.53. The standard InChI is InChI=1S/C14H22N4O/c1-3-7-16-14(17-9-5-10-19-2)18-12-13-6-4-8-15-11-13/h3-4,6,8,11H,1,5,7,9-10,12H2,2H3,(H2,16,17,18). The summed E-state index contributed by atoms with van der Waals surface area (Å²) in [7, 11) is 1.70. The molecule has 0 fully saturated rings. The largest absolute Gasteiger partial charge is 0.385 e. The van der Waals surface area contributed by atoms with E-state index in [-0.39, 0.29) is 0 Å². The van der Waals surface area contributed by atoms with Gasteiger partial charge in [0.05, 0.1) is 6.54 Å². The van der Waals surface area contributed by atoms with Crippen molar-refractivity contribution in [1.29, 1.82) is 0 Å². The summed E-state index contributed by atoms with van der Waals surface area (Å²) in [5.41, 5.74) is 1.08. The van der Waals surface area contributed by atoms with E-state index in [0.717, 1.165) is 31.1 Å². The molecular formula is C14H22N4O. The second-order valence-electron chi connectivity index (χ2n) is 3.97. The molecule has 1 rings (SSSR count). The second kappa shape index (κ2) is 10.1. The smallest absolute Gasteiger partial charge is 0.191 e. The van der Waals surface area contributed by atoms with Gasteiger partial charge in [-0.1, -0.05) is 12.1 Å². The molecule has 0 radical (unpaired) electrons. The summed E-state index contributed by atoms with van der Waals surface area (Å²) in [6.07, 6.45) is 6.32. The van der Waals surface area contributed by atoms with Crippen LogP contribution in [-0.4, -0.2) is 37.7 Å². The van der Waals surface area contributed by atoms with Gasteiger partial charge in [0.15, 0.2) is 5.96 Å². The van der Waals surface area contributed by atoms with E-state index in [1.807, 2.05) is 18.3 Å². The highest BCUT2D eigenvalue weighted by molar-refractivity contribution is 5.79. The van der Waals surface area contributed by atoms with Crippen molar-refractivity contribution in [3.63, 3.8) is 0 Å². The lowest BCUT2D eigenvalue weighted by Crippen LogP contribution is -2.38. The van der Waals surface area contributed by atoms with Crippen molar-refractivity contribution in [2.24, 2.45) is 4.99 Å². The first-order valence-corrected chi connectivity index (χ1v) is 6.37. The molecule has 2 N–H and O–H groups in total. The molecule has 0 aliphatic rings. The second-order valence-corrected chi connectivity index (χ2v) is 3.97. The van der Waals surface area contributed by atoms with Crippen LogP contribution in [0.4, 0.5) is 0 Å². The van der Waals surface area contributed by atoms with Gasteiger partial charge in [-0.15, -0.1) is 6.58 Å². The van der Waals surface area contributed by atoms with Crippen LogP contribution in [0.25, 0.3) is 0 Å². The van der Waals surface area contributed by atoms with Gasteiger partial charge in [0.2, 0.25) is 0 Å². The van der Waals surface area contributed by atoms with E-state index < -0.39 is 0 Å². The maximum absolute atomic E-state index is 5.01. The van der Waals surface area contributed by atoms with Crippen molar-refractivity contribution in [2.75, 3.05) is 26.8 Å². The van der Waals surface area contributed by atoms with Crippen LogP contribution in [0.3, 0.4) is 0 Å². The fourth-order valence-electron chi connectivity index (χ4n) is 1.43. The molecule has 104 valence electrons. The van der Waals surface area contributed by atoms with Crippen LogP contribution in [0.2, 0.25) is 0 Å². The summed E-state index contributed by atoms with van der Waals surface area (Å²) in [5, 5.41) is 6.43. The Morgan fingerprint density at radius 2 is 2.42 bits per heavy atom. The summed E-state index contributed by atoms with van der Waals surface area (Å²) in [5.74, 6) is 0.778. The van der Waals surface area contributed by atoms with Crippen LogP contribution >= 0.6 is 0 Å². The van der Waals surface area contributed by atoms with E-state index in [2.05, 4.69) is 27.2 Å². The maximum atomic E-state index is 5.01. The first-order valence-electron chi connectivity index (χ1n) is 6.37. The predicted octanol–water partition coefficient (Wildman–Crippen LogP) is 1.34. The monoisotopic (exact) mass is 262 g/mol. The van der Waals surface area contributed by atoms with Crippen LogP contribution in [0.15, 0.2) is 42.2 Å². The maximum Gasteiger partial charge on any atom is 0.191 e. The number of aliphatic imine (C=N–C) groups is 1. The Morgan fingerprint density at radius 1 is 1.53 bits per heavy atom. The number of hydrogen-bond donors (Lipinski definition) is 2. The fourth-order valence-corrected chi connectivity index (χ4v) is 1.43. The van der Waals surface area contributed by atoms with E-state index in [0.29, 0.717) is 13.1 Å². The number of nitrogens with zero attached hydrogens (tertiary/aromatic N) is 2. The van der Waals surface area contributed by atoms with Gasteiger partial charge in [-0.05, 0) is 18.1 Å². The lowest BCUT2D eigenvalue weighted by atomic mass is 10.3. The molecule has 0 saturated heterocycles. The summed E-state index contributed by atoms with van der Waals surface area (Å²) < 4.78 is 5.01. The molecule has 19 heavy (non-hydrogen) atoms. The predicted molar refractivity (Wildman–Crippen MR) is 78.1 cm³/mol. The summed E-state index contributed by atoms with van der Waals surface area (Å²) in [6, 6.07) is 3.92. The SMILES string of the molecule is C=CCNC(=NCc1cccnc1)NCCCOC. The van der Waals surface area contributed by atoms with Gasteiger partial charge in [0, 0.05) is 39.2 Å². The van der Waals surface area contributed by atoms with Crippen LogP contribution in [-0.2, 0) is 11.3 Å². The van der Waals surface area contributed by atoms with E-state index in [1.54, 1.807) is 19.4 Å². The molecule has 5 heteroatoms. The van der Waals surface area contributed by atoms with Crippen molar-refractivity contribution in [1.82, 2.24) is 15.6 Å². The normalized spacial score (nSPS) is 11.1. The zero-order valence-corrected chi connectivity index (χ0v) is 11.4. The van der Waals surface area contributed by atoms with Crippen LogP contribution in [0.5, 0.6) is 0 Å².